The molecule has 0 saturated carbocycles. The Bertz CT molecular complexity index is 828. The Kier molecular flexibility index (Phi) is 6.78. The predicted octanol–water partition coefficient (Wildman–Crippen LogP) is 4.37. The Hall–Kier alpha value is -0.980. The van der Waals surface area contributed by atoms with E-state index in [1.165, 1.54) is 6.07 Å². The molecule has 9 heteroatoms. The lowest BCUT2D eigenvalue weighted by molar-refractivity contribution is 0.0697. The first-order valence-corrected chi connectivity index (χ1v) is 9.32. The van der Waals surface area contributed by atoms with E-state index in [2.05, 4.69) is 10.6 Å². The molecule has 0 aromatic heterocycles. The Labute approximate surface area is 175 Å². The number of carboxylic acid groups (broad SMARTS) is 1. The summed E-state index contributed by atoms with van der Waals surface area (Å²) in [5, 5.41) is 15.1. The number of carbonyl (C=O) groups is 2. The first-order chi connectivity index (χ1) is 11.3. The fraction of sp³-hybridized carbons (Fsp3) is 0. The summed E-state index contributed by atoms with van der Waals surface area (Å²) in [6.07, 6.45) is 0. The zero-order valence-corrected chi connectivity index (χ0v) is 17.7. The van der Waals surface area contributed by atoms with E-state index in [1.807, 2.05) is 45.2 Å². The minimum absolute atomic E-state index is 0.0107. The third-order valence-corrected chi connectivity index (χ3v) is 4.79. The highest BCUT2D eigenvalue weighted by atomic mass is 127. The van der Waals surface area contributed by atoms with Crippen molar-refractivity contribution in [2.24, 2.45) is 0 Å². The van der Waals surface area contributed by atoms with Crippen LogP contribution >= 0.6 is 69.0 Å². The van der Waals surface area contributed by atoms with Gasteiger partial charge in [0, 0.05) is 17.7 Å². The molecule has 2 aromatic carbocycles. The molecule has 124 valence electrons. The van der Waals surface area contributed by atoms with Crippen LogP contribution in [0, 0.1) is 7.14 Å². The van der Waals surface area contributed by atoms with Gasteiger partial charge in [-0.3, -0.25) is 10.1 Å². The maximum atomic E-state index is 12.1. The molecule has 2 aromatic rings. The topological polar surface area (TPSA) is 78.4 Å². The lowest BCUT2D eigenvalue weighted by Gasteiger charge is -2.14. The van der Waals surface area contributed by atoms with Crippen LogP contribution < -0.4 is 10.6 Å². The van der Waals surface area contributed by atoms with Gasteiger partial charge in [-0.25, -0.2) is 4.79 Å². The van der Waals surface area contributed by atoms with E-state index in [9.17, 15) is 14.7 Å². The molecule has 0 spiro atoms. The Morgan fingerprint density at radius 3 is 2.33 bits per heavy atom. The SMILES string of the molecule is O=C(NC(=S)Nc1c(I)cc(I)cc1C(=O)O)c1ccc(Cl)cc1. The van der Waals surface area contributed by atoms with Crippen molar-refractivity contribution in [1.29, 1.82) is 0 Å². The number of carbonyl (C=O) groups excluding carboxylic acids is 1. The summed E-state index contributed by atoms with van der Waals surface area (Å²) in [5.41, 5.74) is 0.804. The highest BCUT2D eigenvalue weighted by Gasteiger charge is 2.17. The fourth-order valence-electron chi connectivity index (χ4n) is 1.79. The van der Waals surface area contributed by atoms with Gasteiger partial charge in [-0.15, -0.1) is 0 Å². The van der Waals surface area contributed by atoms with Gasteiger partial charge in [-0.05, 0) is 93.8 Å². The fourth-order valence-corrected chi connectivity index (χ4v) is 4.09. The number of thiocarbonyl (C=S) groups is 1. The maximum absolute atomic E-state index is 12.1. The number of carboxylic acids is 1. The zero-order valence-electron chi connectivity index (χ0n) is 11.8. The molecule has 5 nitrogen and oxygen atoms in total. The number of nitrogens with one attached hydrogen (secondary N) is 2. The van der Waals surface area contributed by atoms with E-state index in [0.29, 0.717) is 19.8 Å². The molecule has 0 fully saturated rings. The maximum Gasteiger partial charge on any atom is 0.337 e. The van der Waals surface area contributed by atoms with E-state index in [0.717, 1.165) is 3.57 Å². The van der Waals surface area contributed by atoms with Crippen LogP contribution in [0.5, 0.6) is 0 Å². The summed E-state index contributed by atoms with van der Waals surface area (Å²) in [7, 11) is 0. The third kappa shape index (κ3) is 5.01. The average Bonchev–Trinajstić information content (AvgIpc) is 2.50. The molecule has 24 heavy (non-hydrogen) atoms. The highest BCUT2D eigenvalue weighted by Crippen LogP contribution is 2.26. The van der Waals surface area contributed by atoms with Crippen molar-refractivity contribution in [3.05, 3.63) is 59.7 Å². The highest BCUT2D eigenvalue weighted by molar-refractivity contribution is 14.1. The van der Waals surface area contributed by atoms with Gasteiger partial charge in [0.1, 0.15) is 0 Å². The van der Waals surface area contributed by atoms with Crippen LogP contribution in [-0.4, -0.2) is 22.1 Å². The van der Waals surface area contributed by atoms with E-state index >= 15 is 0 Å². The van der Waals surface area contributed by atoms with Crippen molar-refractivity contribution < 1.29 is 14.7 Å². The molecule has 0 heterocycles. The molecule has 0 bridgehead atoms. The molecule has 0 unspecified atom stereocenters. The number of hydrogen-bond donors (Lipinski definition) is 3. The van der Waals surface area contributed by atoms with Crippen molar-refractivity contribution >= 4 is 91.7 Å². The van der Waals surface area contributed by atoms with E-state index in [4.69, 9.17) is 23.8 Å². The number of anilines is 1. The van der Waals surface area contributed by atoms with Gasteiger partial charge >= 0.3 is 5.97 Å². The van der Waals surface area contributed by atoms with Crippen LogP contribution in [-0.2, 0) is 0 Å². The molecule has 0 radical (unpaired) electrons. The monoisotopic (exact) mass is 586 g/mol. The third-order valence-electron chi connectivity index (χ3n) is 2.86. The number of rotatable bonds is 3. The normalized spacial score (nSPS) is 10.1. The van der Waals surface area contributed by atoms with Crippen LogP contribution in [0.1, 0.15) is 20.7 Å². The van der Waals surface area contributed by atoms with Crippen molar-refractivity contribution in [1.82, 2.24) is 5.32 Å². The summed E-state index contributed by atoms with van der Waals surface area (Å²) in [6, 6.07) is 9.65. The Morgan fingerprint density at radius 2 is 1.75 bits per heavy atom. The number of aromatic carboxylic acids is 1. The molecular formula is C15H9ClI2N2O3S. The molecule has 3 N–H and O–H groups in total. The number of benzene rings is 2. The molecule has 0 aliphatic carbocycles. The van der Waals surface area contributed by atoms with Crippen molar-refractivity contribution in [2.45, 2.75) is 0 Å². The summed E-state index contributed by atoms with van der Waals surface area (Å²) in [4.78, 5) is 23.5. The molecule has 1 amide bonds. The van der Waals surface area contributed by atoms with Gasteiger partial charge in [0.15, 0.2) is 5.11 Å². The van der Waals surface area contributed by atoms with Crippen LogP contribution in [0.2, 0.25) is 5.02 Å². The van der Waals surface area contributed by atoms with Crippen LogP contribution in [0.3, 0.4) is 0 Å². The number of hydrogen-bond acceptors (Lipinski definition) is 3. The smallest absolute Gasteiger partial charge is 0.337 e. The van der Waals surface area contributed by atoms with E-state index in [1.54, 1.807) is 30.3 Å². The largest absolute Gasteiger partial charge is 0.478 e. The second-order valence-corrected chi connectivity index (χ2v) is 7.78. The van der Waals surface area contributed by atoms with Gasteiger partial charge in [0.2, 0.25) is 0 Å². The van der Waals surface area contributed by atoms with Crippen molar-refractivity contribution in [3.8, 4) is 0 Å². The molecule has 0 aliphatic heterocycles. The van der Waals surface area contributed by atoms with Gasteiger partial charge in [-0.2, -0.15) is 0 Å². The molecule has 0 aliphatic rings. The Balaban J connectivity index is 2.17. The second kappa shape index (κ2) is 8.41. The quantitative estimate of drug-likeness (QED) is 0.368. The van der Waals surface area contributed by atoms with Crippen LogP contribution in [0.4, 0.5) is 5.69 Å². The van der Waals surface area contributed by atoms with Gasteiger partial charge in [0.05, 0.1) is 11.3 Å². The lowest BCUT2D eigenvalue weighted by Crippen LogP contribution is -2.34. The van der Waals surface area contributed by atoms with E-state index in [-0.39, 0.29) is 10.7 Å². The number of amides is 1. The van der Waals surface area contributed by atoms with Crippen molar-refractivity contribution in [3.63, 3.8) is 0 Å². The minimum Gasteiger partial charge on any atom is -0.478 e. The first-order valence-electron chi connectivity index (χ1n) is 6.38. The van der Waals surface area contributed by atoms with Crippen LogP contribution in [0.15, 0.2) is 36.4 Å². The standard InChI is InChI=1S/C15H9ClI2N2O3S/c16-8-3-1-7(2-4-8)13(21)20-15(24)19-12-10(14(22)23)5-9(17)6-11(12)18/h1-6H,(H,22,23)(H2,19,20,21,24). The second-order valence-electron chi connectivity index (χ2n) is 4.53. The van der Waals surface area contributed by atoms with Gasteiger partial charge in [0.25, 0.3) is 5.91 Å². The summed E-state index contributed by atoms with van der Waals surface area (Å²) < 4.78 is 1.47. The summed E-state index contributed by atoms with van der Waals surface area (Å²) >= 11 is 14.9. The van der Waals surface area contributed by atoms with Crippen molar-refractivity contribution in [2.75, 3.05) is 5.32 Å². The lowest BCUT2D eigenvalue weighted by atomic mass is 10.2. The zero-order chi connectivity index (χ0) is 17.9. The minimum atomic E-state index is -1.08. The van der Waals surface area contributed by atoms with Gasteiger partial charge < -0.3 is 10.4 Å². The van der Waals surface area contributed by atoms with Gasteiger partial charge in [-0.1, -0.05) is 11.6 Å². The Morgan fingerprint density at radius 1 is 1.12 bits per heavy atom. The molecule has 2 rings (SSSR count). The molecule has 0 atom stereocenters. The number of halogens is 3. The first kappa shape index (κ1) is 19.3. The summed E-state index contributed by atoms with van der Waals surface area (Å²) in [6.45, 7) is 0. The summed E-state index contributed by atoms with van der Waals surface area (Å²) in [5.74, 6) is -1.50. The van der Waals surface area contributed by atoms with Crippen LogP contribution in [0.25, 0.3) is 0 Å². The molecular weight excluding hydrogens is 578 g/mol. The average molecular weight is 587 g/mol. The molecule has 0 saturated heterocycles. The van der Waals surface area contributed by atoms with E-state index < -0.39 is 11.9 Å². The predicted molar refractivity (Wildman–Crippen MR) is 114 cm³/mol.